The first-order valence-corrected chi connectivity index (χ1v) is 10.4. The van der Waals surface area contributed by atoms with Crippen molar-refractivity contribution in [3.8, 4) is 0 Å². The molecular weight excluding hydrogens is 381 g/mol. The summed E-state index contributed by atoms with van der Waals surface area (Å²) >= 11 is 0. The van der Waals surface area contributed by atoms with Crippen molar-refractivity contribution >= 4 is 17.0 Å². The number of aromatic nitrogens is 2. The second-order valence-corrected chi connectivity index (χ2v) is 8.52. The number of carbonyl (C=O) groups excluding carboxylic acids is 1. The summed E-state index contributed by atoms with van der Waals surface area (Å²) in [6.07, 6.45) is -0.974. The first kappa shape index (κ1) is 21.7. The molecule has 0 bridgehead atoms. The monoisotopic (exact) mass is 410 g/mol. The fourth-order valence-corrected chi connectivity index (χ4v) is 4.39. The molecule has 0 amide bonds. The van der Waals surface area contributed by atoms with Crippen molar-refractivity contribution in [2.75, 3.05) is 0 Å². The van der Waals surface area contributed by atoms with E-state index in [4.69, 9.17) is 4.74 Å². The standard InChI is InChI=1S/C22H29F3N2O2/c1-5-20-26-17-11-15(22(23,24)25)7-9-18(17)27(20)12-21(28)29-19-10-14(4)6-8-16(19)13(2)3/h7,9,11,13-14,16,19H,5-6,8,10,12H2,1-4H3/t14?,16?,19-/m1/s1. The summed E-state index contributed by atoms with van der Waals surface area (Å²) in [6.45, 7) is 8.30. The van der Waals surface area contributed by atoms with Gasteiger partial charge in [0.1, 0.15) is 18.5 Å². The summed E-state index contributed by atoms with van der Waals surface area (Å²) in [7, 11) is 0. The van der Waals surface area contributed by atoms with Crippen LogP contribution in [0, 0.1) is 17.8 Å². The number of aryl methyl sites for hydroxylation is 1. The van der Waals surface area contributed by atoms with Crippen molar-refractivity contribution in [2.24, 2.45) is 17.8 Å². The van der Waals surface area contributed by atoms with Crippen LogP contribution in [-0.4, -0.2) is 21.6 Å². The number of esters is 1. The zero-order chi connectivity index (χ0) is 21.3. The van der Waals surface area contributed by atoms with Crippen molar-refractivity contribution in [2.45, 2.75) is 72.2 Å². The van der Waals surface area contributed by atoms with Gasteiger partial charge in [-0.1, -0.05) is 34.1 Å². The minimum atomic E-state index is -4.42. The lowest BCUT2D eigenvalue weighted by atomic mass is 9.75. The van der Waals surface area contributed by atoms with Gasteiger partial charge in [0.2, 0.25) is 0 Å². The number of imidazole rings is 1. The van der Waals surface area contributed by atoms with Gasteiger partial charge >= 0.3 is 12.1 Å². The van der Waals surface area contributed by atoms with E-state index in [0.717, 1.165) is 31.4 Å². The fraction of sp³-hybridized carbons (Fsp3) is 0.636. The van der Waals surface area contributed by atoms with E-state index >= 15 is 0 Å². The Hall–Kier alpha value is -2.05. The Morgan fingerprint density at radius 1 is 1.31 bits per heavy atom. The van der Waals surface area contributed by atoms with Gasteiger partial charge in [-0.15, -0.1) is 0 Å². The minimum Gasteiger partial charge on any atom is -0.461 e. The summed E-state index contributed by atoms with van der Waals surface area (Å²) in [6, 6.07) is 3.45. The molecular formula is C22H29F3N2O2. The molecule has 29 heavy (non-hydrogen) atoms. The normalized spacial score (nSPS) is 23.0. The predicted molar refractivity (Wildman–Crippen MR) is 105 cm³/mol. The van der Waals surface area contributed by atoms with Crippen LogP contribution in [0.2, 0.25) is 0 Å². The number of carbonyl (C=O) groups is 1. The molecule has 3 rings (SSSR count). The lowest BCUT2D eigenvalue weighted by molar-refractivity contribution is -0.156. The molecule has 4 nitrogen and oxygen atoms in total. The Morgan fingerprint density at radius 2 is 2.03 bits per heavy atom. The van der Waals surface area contributed by atoms with Crippen molar-refractivity contribution < 1.29 is 22.7 Å². The highest BCUT2D eigenvalue weighted by atomic mass is 19.4. The Morgan fingerprint density at radius 3 is 2.66 bits per heavy atom. The van der Waals surface area contributed by atoms with Gasteiger partial charge in [0.25, 0.3) is 0 Å². The second-order valence-electron chi connectivity index (χ2n) is 8.52. The SMILES string of the molecule is CCc1nc2cc(C(F)(F)F)ccc2n1CC(=O)O[C@@H]1CC(C)CCC1C(C)C. The summed E-state index contributed by atoms with van der Waals surface area (Å²) in [4.78, 5) is 17.1. The third-order valence-corrected chi connectivity index (χ3v) is 6.00. The Kier molecular flexibility index (Phi) is 6.24. The molecule has 1 heterocycles. The second kappa shape index (κ2) is 8.36. The highest BCUT2D eigenvalue weighted by molar-refractivity contribution is 5.79. The van der Waals surface area contributed by atoms with Gasteiger partial charge < -0.3 is 9.30 Å². The van der Waals surface area contributed by atoms with Crippen LogP contribution >= 0.6 is 0 Å². The van der Waals surface area contributed by atoms with Crippen molar-refractivity contribution in [1.82, 2.24) is 9.55 Å². The van der Waals surface area contributed by atoms with Gasteiger partial charge in [-0.05, 0) is 48.8 Å². The van der Waals surface area contributed by atoms with Crippen LogP contribution in [0.5, 0.6) is 0 Å². The number of alkyl halides is 3. The minimum absolute atomic E-state index is 0.0409. The number of hydrogen-bond donors (Lipinski definition) is 0. The van der Waals surface area contributed by atoms with Gasteiger partial charge in [0.05, 0.1) is 16.6 Å². The molecule has 160 valence electrons. The smallest absolute Gasteiger partial charge is 0.416 e. The highest BCUT2D eigenvalue weighted by Gasteiger charge is 2.34. The van der Waals surface area contributed by atoms with Crippen LogP contribution in [0.3, 0.4) is 0 Å². The fourth-order valence-electron chi connectivity index (χ4n) is 4.39. The Labute approximate surface area is 169 Å². The van der Waals surface area contributed by atoms with E-state index in [9.17, 15) is 18.0 Å². The van der Waals surface area contributed by atoms with E-state index in [0.29, 0.717) is 35.5 Å². The molecule has 3 atom stereocenters. The molecule has 1 aliphatic carbocycles. The molecule has 0 aliphatic heterocycles. The molecule has 0 radical (unpaired) electrons. The number of halogens is 3. The first-order valence-electron chi connectivity index (χ1n) is 10.4. The van der Waals surface area contributed by atoms with Crippen LogP contribution in [0.15, 0.2) is 18.2 Å². The van der Waals surface area contributed by atoms with Crippen molar-refractivity contribution in [1.29, 1.82) is 0 Å². The van der Waals surface area contributed by atoms with E-state index in [1.54, 1.807) is 4.57 Å². The molecule has 2 unspecified atom stereocenters. The lowest BCUT2D eigenvalue weighted by Crippen LogP contribution is -2.36. The van der Waals surface area contributed by atoms with Crippen LogP contribution in [0.25, 0.3) is 11.0 Å². The topological polar surface area (TPSA) is 44.1 Å². The number of ether oxygens (including phenoxy) is 1. The highest BCUT2D eigenvalue weighted by Crippen LogP contribution is 2.36. The molecule has 0 saturated heterocycles. The average Bonchev–Trinajstić information content (AvgIpc) is 2.97. The van der Waals surface area contributed by atoms with Gasteiger partial charge in [0.15, 0.2) is 0 Å². The van der Waals surface area contributed by atoms with Gasteiger partial charge in [0, 0.05) is 6.42 Å². The van der Waals surface area contributed by atoms with Gasteiger partial charge in [-0.25, -0.2) is 4.98 Å². The number of rotatable bonds is 5. The average molecular weight is 410 g/mol. The largest absolute Gasteiger partial charge is 0.461 e. The van der Waals surface area contributed by atoms with Crippen LogP contribution in [0.4, 0.5) is 13.2 Å². The first-order chi connectivity index (χ1) is 13.6. The maximum atomic E-state index is 13.0. The number of hydrogen-bond acceptors (Lipinski definition) is 3. The molecule has 1 fully saturated rings. The molecule has 0 N–H and O–H groups in total. The Bertz CT molecular complexity index is 873. The molecule has 0 spiro atoms. The van der Waals surface area contributed by atoms with E-state index in [-0.39, 0.29) is 24.1 Å². The zero-order valence-corrected chi connectivity index (χ0v) is 17.4. The number of nitrogens with zero attached hydrogens (tertiary/aromatic N) is 2. The number of benzene rings is 1. The molecule has 1 saturated carbocycles. The maximum absolute atomic E-state index is 13.0. The van der Waals surface area contributed by atoms with Crippen molar-refractivity contribution in [3.05, 3.63) is 29.6 Å². The molecule has 1 aliphatic rings. The molecule has 7 heteroatoms. The summed E-state index contributed by atoms with van der Waals surface area (Å²) in [5, 5.41) is 0. The molecule has 1 aromatic carbocycles. The number of fused-ring (bicyclic) bond motifs is 1. The van der Waals surface area contributed by atoms with Gasteiger partial charge in [-0.3, -0.25) is 4.79 Å². The Balaban J connectivity index is 1.82. The molecule has 1 aromatic heterocycles. The van der Waals surface area contributed by atoms with Crippen LogP contribution in [0.1, 0.15) is 58.3 Å². The van der Waals surface area contributed by atoms with Crippen LogP contribution in [-0.2, 0) is 28.7 Å². The van der Waals surface area contributed by atoms with Gasteiger partial charge in [-0.2, -0.15) is 13.2 Å². The maximum Gasteiger partial charge on any atom is 0.416 e. The van der Waals surface area contributed by atoms with Crippen LogP contribution < -0.4 is 0 Å². The zero-order valence-electron chi connectivity index (χ0n) is 17.4. The van der Waals surface area contributed by atoms with E-state index in [1.807, 2.05) is 6.92 Å². The third-order valence-electron chi connectivity index (χ3n) is 6.00. The quantitative estimate of drug-likeness (QED) is 0.601. The summed E-state index contributed by atoms with van der Waals surface area (Å²) in [5.41, 5.74) is 0.0240. The van der Waals surface area contributed by atoms with E-state index in [1.165, 1.54) is 6.07 Å². The lowest BCUT2D eigenvalue weighted by Gasteiger charge is -2.36. The molecule has 2 aromatic rings. The third kappa shape index (κ3) is 4.75. The van der Waals surface area contributed by atoms with E-state index in [2.05, 4.69) is 25.8 Å². The summed E-state index contributed by atoms with van der Waals surface area (Å²) in [5.74, 6) is 1.51. The van der Waals surface area contributed by atoms with Crippen molar-refractivity contribution in [3.63, 3.8) is 0 Å². The summed E-state index contributed by atoms with van der Waals surface area (Å²) < 4.78 is 46.5. The predicted octanol–water partition coefficient (Wildman–Crippen LogP) is 5.62. The van der Waals surface area contributed by atoms with E-state index < -0.39 is 11.7 Å².